The molecule has 0 aliphatic carbocycles. The third-order valence-electron chi connectivity index (χ3n) is 3.86. The van der Waals surface area contributed by atoms with Crippen LogP contribution in [-0.4, -0.2) is 43.7 Å². The van der Waals surface area contributed by atoms with Crippen LogP contribution in [0, 0.1) is 5.92 Å². The van der Waals surface area contributed by atoms with E-state index in [1.54, 1.807) is 4.90 Å². The summed E-state index contributed by atoms with van der Waals surface area (Å²) < 4.78 is 5.34. The summed E-state index contributed by atoms with van der Waals surface area (Å²) in [5.41, 5.74) is 7.14. The maximum Gasteiger partial charge on any atom is 0.239 e. The average Bonchev–Trinajstić information content (AvgIpc) is 2.48. The Bertz CT molecular complexity index is 416. The zero-order valence-electron chi connectivity index (χ0n) is 12.1. The third-order valence-corrected chi connectivity index (χ3v) is 3.86. The minimum Gasteiger partial charge on any atom is -0.381 e. The number of likely N-dealkylation sites (N-methyl/N-ethyl adjacent to an activating group) is 1. The van der Waals surface area contributed by atoms with Crippen LogP contribution >= 0.6 is 0 Å². The molecule has 0 spiro atoms. The molecule has 0 saturated carbocycles. The van der Waals surface area contributed by atoms with E-state index in [9.17, 15) is 4.79 Å². The first-order chi connectivity index (χ1) is 9.66. The molecule has 0 radical (unpaired) electrons. The van der Waals surface area contributed by atoms with Gasteiger partial charge in [0.15, 0.2) is 0 Å². The Kier molecular flexibility index (Phi) is 5.56. The fourth-order valence-corrected chi connectivity index (χ4v) is 2.64. The Balaban J connectivity index is 1.82. The van der Waals surface area contributed by atoms with Crippen LogP contribution in [0.25, 0.3) is 0 Å². The maximum absolute atomic E-state index is 12.3. The number of amides is 1. The predicted molar refractivity (Wildman–Crippen MR) is 79.3 cm³/mol. The zero-order valence-corrected chi connectivity index (χ0v) is 12.1. The number of nitrogens with zero attached hydrogens (tertiary/aromatic N) is 1. The number of benzene rings is 1. The quantitative estimate of drug-likeness (QED) is 0.885. The van der Waals surface area contributed by atoms with Crippen molar-refractivity contribution in [3.8, 4) is 0 Å². The lowest BCUT2D eigenvalue weighted by Gasteiger charge is -2.28. The van der Waals surface area contributed by atoms with E-state index >= 15 is 0 Å². The van der Waals surface area contributed by atoms with Crippen LogP contribution in [0.3, 0.4) is 0 Å². The summed E-state index contributed by atoms with van der Waals surface area (Å²) >= 11 is 0. The molecule has 1 amide bonds. The molecule has 1 unspecified atom stereocenters. The maximum atomic E-state index is 12.3. The second kappa shape index (κ2) is 7.41. The number of rotatable bonds is 5. The van der Waals surface area contributed by atoms with Crippen LogP contribution in [0.15, 0.2) is 30.3 Å². The van der Waals surface area contributed by atoms with Crippen molar-refractivity contribution in [2.75, 3.05) is 26.8 Å². The van der Waals surface area contributed by atoms with Crippen molar-refractivity contribution in [2.45, 2.75) is 25.3 Å². The minimum atomic E-state index is -0.456. The topological polar surface area (TPSA) is 55.6 Å². The molecule has 110 valence electrons. The number of hydrogen-bond acceptors (Lipinski definition) is 3. The molecule has 0 bridgehead atoms. The number of carbonyl (C=O) groups is 1. The van der Waals surface area contributed by atoms with Crippen molar-refractivity contribution in [2.24, 2.45) is 11.7 Å². The van der Waals surface area contributed by atoms with Gasteiger partial charge in [-0.1, -0.05) is 30.3 Å². The molecule has 0 aromatic heterocycles. The molecular weight excluding hydrogens is 252 g/mol. The third kappa shape index (κ3) is 4.32. The summed E-state index contributed by atoms with van der Waals surface area (Å²) in [6.07, 6.45) is 2.66. The fourth-order valence-electron chi connectivity index (χ4n) is 2.64. The monoisotopic (exact) mass is 276 g/mol. The fraction of sp³-hybridized carbons (Fsp3) is 0.562. The molecule has 1 aliphatic rings. The van der Waals surface area contributed by atoms with E-state index in [4.69, 9.17) is 10.5 Å². The van der Waals surface area contributed by atoms with E-state index in [0.717, 1.165) is 38.2 Å². The number of ether oxygens (including phenoxy) is 1. The molecule has 1 aromatic carbocycles. The van der Waals surface area contributed by atoms with E-state index in [0.29, 0.717) is 12.3 Å². The Hall–Kier alpha value is -1.39. The van der Waals surface area contributed by atoms with Crippen molar-refractivity contribution in [1.29, 1.82) is 0 Å². The normalized spacial score (nSPS) is 17.7. The molecule has 1 saturated heterocycles. The molecule has 2 rings (SSSR count). The van der Waals surface area contributed by atoms with Crippen LogP contribution < -0.4 is 5.73 Å². The van der Waals surface area contributed by atoms with Gasteiger partial charge in [0, 0.05) is 26.8 Å². The SMILES string of the molecule is CN(CC1CCOCC1)C(=O)C(N)Cc1ccccc1. The highest BCUT2D eigenvalue weighted by molar-refractivity contribution is 5.81. The van der Waals surface area contributed by atoms with Crippen LogP contribution in [0.1, 0.15) is 18.4 Å². The second-order valence-corrected chi connectivity index (χ2v) is 5.57. The minimum absolute atomic E-state index is 0.0281. The largest absolute Gasteiger partial charge is 0.381 e. The van der Waals surface area contributed by atoms with Gasteiger partial charge in [0.05, 0.1) is 6.04 Å². The van der Waals surface area contributed by atoms with E-state index in [2.05, 4.69) is 0 Å². The molecule has 1 aromatic rings. The molecular formula is C16H24N2O2. The lowest BCUT2D eigenvalue weighted by Crippen LogP contribution is -2.45. The summed E-state index contributed by atoms with van der Waals surface area (Å²) in [4.78, 5) is 14.1. The van der Waals surface area contributed by atoms with Crippen LogP contribution in [0.4, 0.5) is 0 Å². The first kappa shape index (κ1) is 15.0. The van der Waals surface area contributed by atoms with Crippen molar-refractivity contribution in [3.05, 3.63) is 35.9 Å². The first-order valence-corrected chi connectivity index (χ1v) is 7.29. The summed E-state index contributed by atoms with van der Waals surface area (Å²) in [7, 11) is 1.85. The Morgan fingerprint density at radius 1 is 1.35 bits per heavy atom. The second-order valence-electron chi connectivity index (χ2n) is 5.57. The van der Waals surface area contributed by atoms with E-state index in [1.807, 2.05) is 37.4 Å². The van der Waals surface area contributed by atoms with Crippen molar-refractivity contribution >= 4 is 5.91 Å². The summed E-state index contributed by atoms with van der Waals surface area (Å²) in [5.74, 6) is 0.571. The van der Waals surface area contributed by atoms with Gasteiger partial charge in [-0.25, -0.2) is 0 Å². The lowest BCUT2D eigenvalue weighted by molar-refractivity contribution is -0.132. The van der Waals surface area contributed by atoms with Gasteiger partial charge >= 0.3 is 0 Å². The Labute approximate surface area is 120 Å². The number of nitrogens with two attached hydrogens (primary N) is 1. The standard InChI is InChI=1S/C16H24N2O2/c1-18(12-14-7-9-20-10-8-14)16(19)15(17)11-13-5-3-2-4-6-13/h2-6,14-15H,7-12,17H2,1H3. The summed E-state index contributed by atoms with van der Waals surface area (Å²) in [5, 5.41) is 0. The van der Waals surface area contributed by atoms with Crippen LogP contribution in [0.5, 0.6) is 0 Å². The van der Waals surface area contributed by atoms with Crippen LogP contribution in [0.2, 0.25) is 0 Å². The molecule has 1 atom stereocenters. The van der Waals surface area contributed by atoms with Gasteiger partial charge in [-0.3, -0.25) is 4.79 Å². The zero-order chi connectivity index (χ0) is 14.4. The highest BCUT2D eigenvalue weighted by Crippen LogP contribution is 2.16. The lowest BCUT2D eigenvalue weighted by atomic mass is 9.99. The van der Waals surface area contributed by atoms with E-state index in [1.165, 1.54) is 0 Å². The molecule has 1 fully saturated rings. The summed E-state index contributed by atoms with van der Waals surface area (Å²) in [6, 6.07) is 9.46. The van der Waals surface area contributed by atoms with E-state index < -0.39 is 6.04 Å². The van der Waals surface area contributed by atoms with Gasteiger partial charge < -0.3 is 15.4 Å². The molecule has 4 nitrogen and oxygen atoms in total. The Morgan fingerprint density at radius 3 is 2.65 bits per heavy atom. The summed E-state index contributed by atoms with van der Waals surface area (Å²) in [6.45, 7) is 2.40. The smallest absolute Gasteiger partial charge is 0.239 e. The Morgan fingerprint density at radius 2 is 2.00 bits per heavy atom. The molecule has 1 aliphatic heterocycles. The highest BCUT2D eigenvalue weighted by atomic mass is 16.5. The number of carbonyl (C=O) groups excluding carboxylic acids is 1. The van der Waals surface area contributed by atoms with Gasteiger partial charge in [0.25, 0.3) is 0 Å². The van der Waals surface area contributed by atoms with Gasteiger partial charge in [0.1, 0.15) is 0 Å². The predicted octanol–water partition coefficient (Wildman–Crippen LogP) is 1.44. The number of hydrogen-bond donors (Lipinski definition) is 1. The van der Waals surface area contributed by atoms with E-state index in [-0.39, 0.29) is 5.91 Å². The van der Waals surface area contributed by atoms with Gasteiger partial charge in [-0.2, -0.15) is 0 Å². The highest BCUT2D eigenvalue weighted by Gasteiger charge is 2.22. The average molecular weight is 276 g/mol. The first-order valence-electron chi connectivity index (χ1n) is 7.29. The molecule has 1 heterocycles. The van der Waals surface area contributed by atoms with Crippen LogP contribution in [-0.2, 0) is 16.0 Å². The van der Waals surface area contributed by atoms with Gasteiger partial charge in [-0.05, 0) is 30.7 Å². The van der Waals surface area contributed by atoms with Gasteiger partial charge in [-0.15, -0.1) is 0 Å². The molecule has 20 heavy (non-hydrogen) atoms. The van der Waals surface area contributed by atoms with Gasteiger partial charge in [0.2, 0.25) is 5.91 Å². The van der Waals surface area contributed by atoms with Crippen molar-refractivity contribution < 1.29 is 9.53 Å². The van der Waals surface area contributed by atoms with Crippen molar-refractivity contribution in [3.63, 3.8) is 0 Å². The molecule has 2 N–H and O–H groups in total. The molecule has 4 heteroatoms. The van der Waals surface area contributed by atoms with Crippen molar-refractivity contribution in [1.82, 2.24) is 4.90 Å².